The summed E-state index contributed by atoms with van der Waals surface area (Å²) in [4.78, 5) is 25.8. The number of hydrogen-bond donors (Lipinski definition) is 3. The van der Waals surface area contributed by atoms with E-state index < -0.39 is 18.4 Å². The maximum absolute atomic E-state index is 11.3. The summed E-state index contributed by atoms with van der Waals surface area (Å²) in [7, 11) is 0. The molecule has 0 aromatic carbocycles. The van der Waals surface area contributed by atoms with Gasteiger partial charge in [0, 0.05) is 5.69 Å². The second kappa shape index (κ2) is 6.35. The Morgan fingerprint density at radius 2 is 2.11 bits per heavy atom. The molecule has 1 heterocycles. The molecule has 100 valence electrons. The molecule has 0 unspecified atom stereocenters. The monoisotopic (exact) mass is 262 g/mol. The summed E-state index contributed by atoms with van der Waals surface area (Å²) in [6, 6.07) is 3.79. The Kier molecular flexibility index (Phi) is 4.83. The zero-order valence-electron chi connectivity index (χ0n) is 10.6. The lowest BCUT2D eigenvalue weighted by Gasteiger charge is -2.10. The van der Waals surface area contributed by atoms with E-state index in [-0.39, 0.29) is 6.54 Å². The van der Waals surface area contributed by atoms with Gasteiger partial charge in [-0.05, 0) is 25.5 Å². The van der Waals surface area contributed by atoms with E-state index in [2.05, 4.69) is 15.6 Å². The number of carboxylic acids is 1. The van der Waals surface area contributed by atoms with Crippen LogP contribution < -0.4 is 10.6 Å². The second-order valence-corrected chi connectivity index (χ2v) is 3.94. The van der Waals surface area contributed by atoms with Crippen molar-refractivity contribution < 1.29 is 14.7 Å². The molecule has 1 aromatic rings. The maximum atomic E-state index is 11.3. The van der Waals surface area contributed by atoms with Crippen LogP contribution in [0.25, 0.3) is 0 Å². The summed E-state index contributed by atoms with van der Waals surface area (Å²) in [5, 5.41) is 22.4. The molecule has 7 nitrogen and oxygen atoms in total. The number of aromatic nitrogens is 1. The van der Waals surface area contributed by atoms with Crippen LogP contribution in [0.15, 0.2) is 6.07 Å². The molecule has 1 rings (SSSR count). The molecule has 0 bridgehead atoms. The van der Waals surface area contributed by atoms with E-state index >= 15 is 0 Å². The Bertz CT molecular complexity index is 549. The first-order valence-corrected chi connectivity index (χ1v) is 5.54. The second-order valence-electron chi connectivity index (χ2n) is 3.94. The Labute approximate surface area is 110 Å². The van der Waals surface area contributed by atoms with E-state index in [1.807, 2.05) is 6.07 Å². The van der Waals surface area contributed by atoms with E-state index in [4.69, 9.17) is 10.4 Å². The van der Waals surface area contributed by atoms with Crippen molar-refractivity contribution in [3.63, 3.8) is 0 Å². The van der Waals surface area contributed by atoms with Crippen LogP contribution in [0, 0.1) is 25.2 Å². The highest BCUT2D eigenvalue weighted by molar-refractivity contribution is 5.84. The summed E-state index contributed by atoms with van der Waals surface area (Å²) < 4.78 is 0. The average molecular weight is 262 g/mol. The minimum Gasteiger partial charge on any atom is -0.480 e. The van der Waals surface area contributed by atoms with Crippen molar-refractivity contribution in [2.75, 3.05) is 18.4 Å². The summed E-state index contributed by atoms with van der Waals surface area (Å²) >= 11 is 0. The molecule has 0 aliphatic heterocycles. The highest BCUT2D eigenvalue weighted by atomic mass is 16.4. The van der Waals surface area contributed by atoms with Gasteiger partial charge in [0.15, 0.2) is 0 Å². The molecule has 19 heavy (non-hydrogen) atoms. The number of anilines is 1. The molecule has 1 amide bonds. The van der Waals surface area contributed by atoms with Crippen LogP contribution in [0.1, 0.15) is 16.8 Å². The largest absolute Gasteiger partial charge is 0.480 e. The quantitative estimate of drug-likeness (QED) is 0.697. The summed E-state index contributed by atoms with van der Waals surface area (Å²) in [5.74, 6) is -1.27. The molecule has 0 aliphatic rings. The van der Waals surface area contributed by atoms with E-state index in [1.54, 1.807) is 19.9 Å². The van der Waals surface area contributed by atoms with Crippen LogP contribution in [-0.2, 0) is 9.59 Å². The average Bonchev–Trinajstić information content (AvgIpc) is 2.33. The van der Waals surface area contributed by atoms with Crippen LogP contribution in [-0.4, -0.2) is 35.1 Å². The standard InChI is InChI=1S/C12H14N4O3/c1-7-3-8(2)16-12(9(7)4-13)15-5-10(17)14-6-11(18)19/h3H,5-6H2,1-2H3,(H,14,17)(H,15,16)(H,18,19). The zero-order chi connectivity index (χ0) is 14.4. The van der Waals surface area contributed by atoms with Gasteiger partial charge < -0.3 is 15.7 Å². The Morgan fingerprint density at radius 1 is 1.42 bits per heavy atom. The van der Waals surface area contributed by atoms with Crippen LogP contribution in [0.3, 0.4) is 0 Å². The molecule has 1 aromatic heterocycles. The first-order valence-electron chi connectivity index (χ1n) is 5.54. The van der Waals surface area contributed by atoms with Gasteiger partial charge in [0.05, 0.1) is 12.1 Å². The Hall–Kier alpha value is -2.62. The van der Waals surface area contributed by atoms with Crippen molar-refractivity contribution in [1.82, 2.24) is 10.3 Å². The van der Waals surface area contributed by atoms with E-state index in [0.717, 1.165) is 11.3 Å². The first kappa shape index (κ1) is 14.4. The Morgan fingerprint density at radius 3 is 2.68 bits per heavy atom. The molecule has 0 radical (unpaired) electrons. The number of nitriles is 1. The molecular formula is C12H14N4O3. The van der Waals surface area contributed by atoms with Crippen molar-refractivity contribution in [1.29, 1.82) is 5.26 Å². The third-order valence-corrected chi connectivity index (χ3v) is 2.31. The van der Waals surface area contributed by atoms with Crippen molar-refractivity contribution in [2.45, 2.75) is 13.8 Å². The fraction of sp³-hybridized carbons (Fsp3) is 0.333. The van der Waals surface area contributed by atoms with E-state index in [0.29, 0.717) is 11.4 Å². The maximum Gasteiger partial charge on any atom is 0.322 e. The SMILES string of the molecule is Cc1cc(C)c(C#N)c(NCC(=O)NCC(=O)O)n1. The smallest absolute Gasteiger partial charge is 0.322 e. The third-order valence-electron chi connectivity index (χ3n) is 2.31. The number of nitrogens with zero attached hydrogens (tertiary/aromatic N) is 2. The zero-order valence-corrected chi connectivity index (χ0v) is 10.6. The molecule has 0 saturated carbocycles. The minimum atomic E-state index is -1.12. The number of carbonyl (C=O) groups excluding carboxylic acids is 1. The number of carboxylic acid groups (broad SMARTS) is 1. The molecule has 0 atom stereocenters. The minimum absolute atomic E-state index is 0.141. The van der Waals surface area contributed by atoms with Gasteiger partial charge in [-0.2, -0.15) is 5.26 Å². The van der Waals surface area contributed by atoms with Gasteiger partial charge in [-0.15, -0.1) is 0 Å². The molecular weight excluding hydrogens is 248 g/mol. The number of hydrogen-bond acceptors (Lipinski definition) is 5. The van der Waals surface area contributed by atoms with Gasteiger partial charge in [0.1, 0.15) is 18.4 Å². The summed E-state index contributed by atoms with van der Waals surface area (Å²) in [5.41, 5.74) is 1.87. The van der Waals surface area contributed by atoms with E-state index in [9.17, 15) is 9.59 Å². The van der Waals surface area contributed by atoms with Crippen LogP contribution in [0.4, 0.5) is 5.82 Å². The number of aryl methyl sites for hydroxylation is 2. The van der Waals surface area contributed by atoms with Gasteiger partial charge in [0.25, 0.3) is 0 Å². The lowest BCUT2D eigenvalue weighted by molar-refractivity contribution is -0.137. The topological polar surface area (TPSA) is 115 Å². The van der Waals surface area contributed by atoms with Crippen molar-refractivity contribution >= 4 is 17.7 Å². The van der Waals surface area contributed by atoms with Gasteiger partial charge in [0.2, 0.25) is 5.91 Å². The van der Waals surface area contributed by atoms with Crippen molar-refractivity contribution in [2.24, 2.45) is 0 Å². The number of aliphatic carboxylic acids is 1. The molecule has 0 aliphatic carbocycles. The molecule has 0 saturated heterocycles. The highest BCUT2D eigenvalue weighted by Gasteiger charge is 2.10. The molecule has 0 spiro atoms. The van der Waals surface area contributed by atoms with Gasteiger partial charge in [-0.25, -0.2) is 4.98 Å². The Balaban J connectivity index is 2.70. The van der Waals surface area contributed by atoms with Crippen LogP contribution in [0.5, 0.6) is 0 Å². The summed E-state index contributed by atoms with van der Waals surface area (Å²) in [6.07, 6.45) is 0. The van der Waals surface area contributed by atoms with Crippen molar-refractivity contribution in [3.05, 3.63) is 22.9 Å². The predicted molar refractivity (Wildman–Crippen MR) is 67.6 cm³/mol. The number of nitrogens with one attached hydrogen (secondary N) is 2. The van der Waals surface area contributed by atoms with Crippen molar-refractivity contribution in [3.8, 4) is 6.07 Å². The molecule has 0 fully saturated rings. The fourth-order valence-corrected chi connectivity index (χ4v) is 1.51. The van der Waals surface area contributed by atoms with Gasteiger partial charge in [-0.1, -0.05) is 0 Å². The van der Waals surface area contributed by atoms with E-state index in [1.165, 1.54) is 0 Å². The third kappa shape index (κ3) is 4.27. The van der Waals surface area contributed by atoms with Gasteiger partial charge in [-0.3, -0.25) is 9.59 Å². The van der Waals surface area contributed by atoms with Gasteiger partial charge >= 0.3 is 5.97 Å². The number of amides is 1. The fourth-order valence-electron chi connectivity index (χ4n) is 1.51. The summed E-state index contributed by atoms with van der Waals surface area (Å²) in [6.45, 7) is 2.98. The lowest BCUT2D eigenvalue weighted by Crippen LogP contribution is -2.34. The van der Waals surface area contributed by atoms with Crippen LogP contribution >= 0.6 is 0 Å². The van der Waals surface area contributed by atoms with Crippen LogP contribution in [0.2, 0.25) is 0 Å². The first-order chi connectivity index (χ1) is 8.93. The number of rotatable bonds is 5. The molecule has 7 heteroatoms. The normalized spacial score (nSPS) is 9.53. The lowest BCUT2D eigenvalue weighted by atomic mass is 10.1. The number of pyridine rings is 1. The highest BCUT2D eigenvalue weighted by Crippen LogP contribution is 2.16. The number of carbonyl (C=O) groups is 2. The molecule has 3 N–H and O–H groups in total. The predicted octanol–water partition coefficient (Wildman–Crippen LogP) is 0.183.